The summed E-state index contributed by atoms with van der Waals surface area (Å²) in [6.07, 6.45) is 12.6. The van der Waals surface area contributed by atoms with Gasteiger partial charge in [-0.1, -0.05) is 6.92 Å². The van der Waals surface area contributed by atoms with Crippen molar-refractivity contribution in [1.82, 2.24) is 39.7 Å². The Labute approximate surface area is 205 Å². The summed E-state index contributed by atoms with van der Waals surface area (Å²) in [4.78, 5) is 37.5. The highest BCUT2D eigenvalue weighted by atomic mass is 16.1. The van der Waals surface area contributed by atoms with Gasteiger partial charge < -0.3 is 10.3 Å². The highest BCUT2D eigenvalue weighted by molar-refractivity contribution is 5.98. The second-order valence-corrected chi connectivity index (χ2v) is 8.33. The third kappa shape index (κ3) is 3.74. The molecule has 10 nitrogen and oxygen atoms in total. The molecule has 36 heavy (non-hydrogen) atoms. The first kappa shape index (κ1) is 21.5. The summed E-state index contributed by atoms with van der Waals surface area (Å²) in [5.74, 6) is 0.565. The first-order chi connectivity index (χ1) is 17.6. The third-order valence-corrected chi connectivity index (χ3v) is 5.99. The van der Waals surface area contributed by atoms with Gasteiger partial charge in [0.1, 0.15) is 5.69 Å². The molecule has 176 valence electrons. The summed E-state index contributed by atoms with van der Waals surface area (Å²) in [6.45, 7) is 1.81. The van der Waals surface area contributed by atoms with Crippen LogP contribution in [-0.2, 0) is 11.8 Å². The van der Waals surface area contributed by atoms with E-state index in [-0.39, 0.29) is 5.91 Å². The van der Waals surface area contributed by atoms with Crippen molar-refractivity contribution < 1.29 is 4.79 Å². The van der Waals surface area contributed by atoms with Gasteiger partial charge in [-0.15, -0.1) is 0 Å². The fraction of sp³-hybridized carbons (Fsp3) is 0.115. The Kier molecular flexibility index (Phi) is 5.18. The lowest BCUT2D eigenvalue weighted by Crippen LogP contribution is -2.09. The number of H-pyrrole nitrogens is 1. The SMILES string of the molecule is CCC(=O)Nc1cncc(-c2cc3c(-c4nc5c(-c6ccncc6)cncc5[nH]4)nn(C)c3cn2)c1. The molecule has 0 saturated carbocycles. The maximum absolute atomic E-state index is 11.8. The molecule has 0 atom stereocenters. The number of carbonyl (C=O) groups excluding carboxylic acids is 1. The van der Waals surface area contributed by atoms with Crippen LogP contribution in [0, 0.1) is 0 Å². The van der Waals surface area contributed by atoms with Crippen LogP contribution in [0.2, 0.25) is 0 Å². The van der Waals surface area contributed by atoms with Gasteiger partial charge in [-0.2, -0.15) is 5.10 Å². The quantitative estimate of drug-likeness (QED) is 0.379. The predicted molar refractivity (Wildman–Crippen MR) is 137 cm³/mol. The molecule has 0 saturated heterocycles. The van der Waals surface area contributed by atoms with Crippen LogP contribution in [0.4, 0.5) is 5.69 Å². The number of amides is 1. The van der Waals surface area contributed by atoms with E-state index < -0.39 is 0 Å². The van der Waals surface area contributed by atoms with Crippen molar-refractivity contribution in [2.75, 3.05) is 5.32 Å². The molecule has 0 aliphatic rings. The van der Waals surface area contributed by atoms with Gasteiger partial charge in [0.25, 0.3) is 0 Å². The lowest BCUT2D eigenvalue weighted by molar-refractivity contribution is -0.115. The molecule has 6 aromatic rings. The largest absolute Gasteiger partial charge is 0.335 e. The van der Waals surface area contributed by atoms with Crippen LogP contribution in [0.1, 0.15) is 13.3 Å². The minimum Gasteiger partial charge on any atom is -0.335 e. The number of hydrogen-bond donors (Lipinski definition) is 2. The molecule has 10 heteroatoms. The lowest BCUT2D eigenvalue weighted by atomic mass is 10.1. The molecule has 0 bridgehead atoms. The van der Waals surface area contributed by atoms with Crippen molar-refractivity contribution >= 4 is 33.5 Å². The minimum atomic E-state index is -0.0718. The van der Waals surface area contributed by atoms with E-state index in [0.29, 0.717) is 29.3 Å². The Balaban J connectivity index is 1.46. The molecule has 1 amide bonds. The van der Waals surface area contributed by atoms with Crippen molar-refractivity contribution in [2.24, 2.45) is 7.05 Å². The Bertz CT molecular complexity index is 1740. The Hall–Kier alpha value is -4.99. The maximum Gasteiger partial charge on any atom is 0.224 e. The molecule has 0 spiro atoms. The van der Waals surface area contributed by atoms with Gasteiger partial charge in [-0.05, 0) is 29.8 Å². The average Bonchev–Trinajstić information content (AvgIpc) is 3.50. The van der Waals surface area contributed by atoms with Crippen LogP contribution < -0.4 is 5.32 Å². The van der Waals surface area contributed by atoms with Gasteiger partial charge in [-0.3, -0.25) is 29.4 Å². The molecule has 0 aromatic carbocycles. The van der Waals surface area contributed by atoms with Crippen molar-refractivity contribution in [3.8, 4) is 33.9 Å². The van der Waals surface area contributed by atoms with Crippen molar-refractivity contribution in [3.05, 3.63) is 67.6 Å². The second kappa shape index (κ2) is 8.66. The number of nitrogens with one attached hydrogen (secondary N) is 2. The fourth-order valence-electron chi connectivity index (χ4n) is 4.17. The molecule has 0 fully saturated rings. The number of nitrogens with zero attached hydrogens (tertiary/aromatic N) is 7. The van der Waals surface area contributed by atoms with Gasteiger partial charge in [-0.25, -0.2) is 4.98 Å². The molecule has 2 N–H and O–H groups in total. The zero-order valence-corrected chi connectivity index (χ0v) is 19.6. The number of aromatic amines is 1. The first-order valence-electron chi connectivity index (χ1n) is 11.4. The van der Waals surface area contributed by atoms with Gasteiger partial charge >= 0.3 is 0 Å². The molecule has 0 aliphatic heterocycles. The summed E-state index contributed by atoms with van der Waals surface area (Å²) in [7, 11) is 1.88. The molecule has 6 aromatic heterocycles. The van der Waals surface area contributed by atoms with Gasteiger partial charge in [0, 0.05) is 54.8 Å². The number of anilines is 1. The van der Waals surface area contributed by atoms with E-state index in [2.05, 4.69) is 30.2 Å². The van der Waals surface area contributed by atoms with Crippen LogP contribution in [0.25, 0.3) is 55.8 Å². The van der Waals surface area contributed by atoms with Crippen molar-refractivity contribution in [1.29, 1.82) is 0 Å². The summed E-state index contributed by atoms with van der Waals surface area (Å²) in [5.41, 5.74) is 7.22. The van der Waals surface area contributed by atoms with E-state index in [4.69, 9.17) is 10.1 Å². The summed E-state index contributed by atoms with van der Waals surface area (Å²) in [6, 6.07) is 7.70. The van der Waals surface area contributed by atoms with E-state index in [0.717, 1.165) is 38.6 Å². The van der Waals surface area contributed by atoms with Crippen molar-refractivity contribution in [2.45, 2.75) is 13.3 Å². The van der Waals surface area contributed by atoms with Crippen LogP contribution >= 0.6 is 0 Å². The Morgan fingerprint density at radius 3 is 2.67 bits per heavy atom. The monoisotopic (exact) mass is 475 g/mol. The number of fused-ring (bicyclic) bond motifs is 2. The summed E-state index contributed by atoms with van der Waals surface area (Å²) >= 11 is 0. The molecule has 6 rings (SSSR count). The predicted octanol–water partition coefficient (Wildman–Crippen LogP) is 4.38. The third-order valence-electron chi connectivity index (χ3n) is 5.99. The summed E-state index contributed by atoms with van der Waals surface area (Å²) < 4.78 is 1.78. The number of pyridine rings is 4. The molecular weight excluding hydrogens is 454 g/mol. The van der Waals surface area contributed by atoms with Crippen molar-refractivity contribution in [3.63, 3.8) is 0 Å². The lowest BCUT2D eigenvalue weighted by Gasteiger charge is -2.06. The van der Waals surface area contributed by atoms with Gasteiger partial charge in [0.15, 0.2) is 5.82 Å². The smallest absolute Gasteiger partial charge is 0.224 e. The van der Waals surface area contributed by atoms with E-state index >= 15 is 0 Å². The summed E-state index contributed by atoms with van der Waals surface area (Å²) in [5, 5.41) is 8.48. The number of imidazole rings is 1. The van der Waals surface area contributed by atoms with Crippen LogP contribution in [0.3, 0.4) is 0 Å². The maximum atomic E-state index is 11.8. The molecule has 0 aliphatic carbocycles. The fourth-order valence-corrected chi connectivity index (χ4v) is 4.17. The zero-order valence-electron chi connectivity index (χ0n) is 19.6. The number of aryl methyl sites for hydroxylation is 1. The highest BCUT2D eigenvalue weighted by Gasteiger charge is 2.18. The van der Waals surface area contributed by atoms with E-state index in [1.165, 1.54) is 0 Å². The highest BCUT2D eigenvalue weighted by Crippen LogP contribution is 2.32. The molecule has 6 heterocycles. The van der Waals surface area contributed by atoms with Crippen LogP contribution in [0.5, 0.6) is 0 Å². The van der Waals surface area contributed by atoms with E-state index in [1.807, 2.05) is 31.3 Å². The topological polar surface area (TPSA) is 127 Å². The molecule has 0 radical (unpaired) electrons. The van der Waals surface area contributed by atoms with Crippen LogP contribution in [0.15, 0.2) is 67.6 Å². The average molecular weight is 476 g/mol. The van der Waals surface area contributed by atoms with E-state index in [9.17, 15) is 4.79 Å². The normalized spacial score (nSPS) is 11.3. The number of aromatic nitrogens is 8. The van der Waals surface area contributed by atoms with Crippen LogP contribution in [-0.4, -0.2) is 45.6 Å². The van der Waals surface area contributed by atoms with Gasteiger partial charge in [0.05, 0.1) is 46.5 Å². The van der Waals surface area contributed by atoms with E-state index in [1.54, 1.807) is 55.0 Å². The minimum absolute atomic E-state index is 0.0718. The van der Waals surface area contributed by atoms with Gasteiger partial charge in [0.2, 0.25) is 5.91 Å². The Morgan fingerprint density at radius 2 is 1.83 bits per heavy atom. The standard InChI is InChI=1S/C26H21N9O/c1-3-23(36)31-17-8-16(10-28-11-17)20-9-18-22(14-30-20)35(2)34-25(18)26-32-21-13-29-12-19(24(21)33-26)15-4-6-27-7-5-15/h4-14H,3H2,1-2H3,(H,31,36)(H,32,33). The Morgan fingerprint density at radius 1 is 1.00 bits per heavy atom. The molecular formula is C26H21N9O. The number of carbonyl (C=O) groups is 1. The zero-order chi connectivity index (χ0) is 24.6. The number of rotatable bonds is 5. The number of hydrogen-bond acceptors (Lipinski definition) is 7. The second-order valence-electron chi connectivity index (χ2n) is 8.33. The molecule has 0 unspecified atom stereocenters. The first-order valence-corrected chi connectivity index (χ1v) is 11.4.